The zero-order valence-corrected chi connectivity index (χ0v) is 15.7. The van der Waals surface area contributed by atoms with Gasteiger partial charge in [-0.15, -0.1) is 17.8 Å². The van der Waals surface area contributed by atoms with Gasteiger partial charge in [0.2, 0.25) is 0 Å². The lowest BCUT2D eigenvalue weighted by atomic mass is 10.1. The van der Waals surface area contributed by atoms with Crippen LogP contribution in [-0.4, -0.2) is 24.8 Å². The minimum Gasteiger partial charge on any atom is -0.466 e. The summed E-state index contributed by atoms with van der Waals surface area (Å²) in [6.07, 6.45) is 9.33. The molecular formula is C22H30O3. The van der Waals surface area contributed by atoms with E-state index in [2.05, 4.69) is 42.4 Å². The second kappa shape index (κ2) is 14.5. The lowest BCUT2D eigenvalue weighted by Crippen LogP contribution is -2.02. The SMILES string of the molecule is CCCCCC#CC[C@H]1O[C@H]1CC#CCC#CCCCC(=O)OCC. The van der Waals surface area contributed by atoms with E-state index in [-0.39, 0.29) is 18.2 Å². The molecule has 0 aliphatic carbocycles. The summed E-state index contributed by atoms with van der Waals surface area (Å²) >= 11 is 0. The Labute approximate surface area is 153 Å². The van der Waals surface area contributed by atoms with Gasteiger partial charge in [-0.05, 0) is 19.8 Å². The molecular weight excluding hydrogens is 312 g/mol. The Kier molecular flexibility index (Phi) is 12.2. The van der Waals surface area contributed by atoms with E-state index in [1.54, 1.807) is 0 Å². The smallest absolute Gasteiger partial charge is 0.305 e. The molecule has 0 unspecified atom stereocenters. The topological polar surface area (TPSA) is 38.8 Å². The van der Waals surface area contributed by atoms with Crippen LogP contribution in [0, 0.1) is 35.5 Å². The molecule has 0 aromatic carbocycles. The monoisotopic (exact) mass is 342 g/mol. The van der Waals surface area contributed by atoms with Gasteiger partial charge in [0, 0.05) is 32.1 Å². The number of ether oxygens (including phenoxy) is 2. The van der Waals surface area contributed by atoms with Crippen LogP contribution in [-0.2, 0) is 14.3 Å². The molecule has 0 spiro atoms. The Hall–Kier alpha value is -1.89. The Morgan fingerprint density at radius 2 is 1.52 bits per heavy atom. The standard InChI is InChI=1S/C22H30O3/c1-3-5-6-7-11-14-17-20-21(25-20)18-15-12-9-8-10-13-16-19-22(23)24-4-2/h20-21H,3-7,9,13,16-19H2,1-2H3/t20-,21+/m1/s1. The molecule has 136 valence electrons. The molecule has 25 heavy (non-hydrogen) atoms. The van der Waals surface area contributed by atoms with Crippen LogP contribution < -0.4 is 0 Å². The summed E-state index contributed by atoms with van der Waals surface area (Å²) in [6.45, 7) is 4.46. The third-order valence-electron chi connectivity index (χ3n) is 3.74. The van der Waals surface area contributed by atoms with Crippen LogP contribution in [0.5, 0.6) is 0 Å². The highest BCUT2D eigenvalue weighted by atomic mass is 16.6. The number of hydrogen-bond acceptors (Lipinski definition) is 3. The van der Waals surface area contributed by atoms with E-state index < -0.39 is 0 Å². The minimum absolute atomic E-state index is 0.145. The van der Waals surface area contributed by atoms with E-state index >= 15 is 0 Å². The summed E-state index contributed by atoms with van der Waals surface area (Å²) in [7, 11) is 0. The summed E-state index contributed by atoms with van der Waals surface area (Å²) in [5, 5.41) is 0. The van der Waals surface area contributed by atoms with Gasteiger partial charge in [0.15, 0.2) is 0 Å². The molecule has 3 nitrogen and oxygen atoms in total. The zero-order chi connectivity index (χ0) is 18.2. The number of rotatable bonds is 9. The van der Waals surface area contributed by atoms with Crippen LogP contribution in [0.4, 0.5) is 0 Å². The van der Waals surface area contributed by atoms with Gasteiger partial charge in [-0.1, -0.05) is 37.5 Å². The first-order valence-corrected chi connectivity index (χ1v) is 9.46. The average molecular weight is 342 g/mol. The minimum atomic E-state index is -0.145. The van der Waals surface area contributed by atoms with Gasteiger partial charge in [-0.25, -0.2) is 0 Å². The summed E-state index contributed by atoms with van der Waals surface area (Å²) < 4.78 is 10.4. The van der Waals surface area contributed by atoms with Crippen molar-refractivity contribution in [2.45, 2.75) is 90.3 Å². The molecule has 1 rings (SSSR count). The Bertz CT molecular complexity index is 559. The summed E-state index contributed by atoms with van der Waals surface area (Å²) in [4.78, 5) is 11.1. The Morgan fingerprint density at radius 3 is 2.24 bits per heavy atom. The lowest BCUT2D eigenvalue weighted by molar-refractivity contribution is -0.143. The number of hydrogen-bond donors (Lipinski definition) is 0. The highest BCUT2D eigenvalue weighted by molar-refractivity contribution is 5.69. The second-order valence-electron chi connectivity index (χ2n) is 5.97. The maximum atomic E-state index is 11.1. The fourth-order valence-electron chi connectivity index (χ4n) is 2.25. The van der Waals surface area contributed by atoms with Crippen molar-refractivity contribution >= 4 is 5.97 Å². The number of esters is 1. The van der Waals surface area contributed by atoms with Crippen LogP contribution in [0.3, 0.4) is 0 Å². The maximum Gasteiger partial charge on any atom is 0.305 e. The predicted molar refractivity (Wildman–Crippen MR) is 100 cm³/mol. The van der Waals surface area contributed by atoms with E-state index in [1.807, 2.05) is 6.92 Å². The third-order valence-corrected chi connectivity index (χ3v) is 3.74. The molecule has 0 saturated carbocycles. The highest BCUT2D eigenvalue weighted by Crippen LogP contribution is 2.27. The summed E-state index contributed by atoms with van der Waals surface area (Å²) in [5.41, 5.74) is 0. The van der Waals surface area contributed by atoms with Crippen molar-refractivity contribution < 1.29 is 14.3 Å². The zero-order valence-electron chi connectivity index (χ0n) is 15.7. The molecule has 1 heterocycles. The normalized spacial score (nSPS) is 17.2. The fourth-order valence-corrected chi connectivity index (χ4v) is 2.25. The van der Waals surface area contributed by atoms with Crippen LogP contribution in [0.1, 0.15) is 78.1 Å². The van der Waals surface area contributed by atoms with Crippen molar-refractivity contribution in [1.29, 1.82) is 0 Å². The van der Waals surface area contributed by atoms with Crippen molar-refractivity contribution in [2.24, 2.45) is 0 Å². The van der Waals surface area contributed by atoms with E-state index in [0.717, 1.165) is 25.7 Å². The molecule has 0 aromatic rings. The van der Waals surface area contributed by atoms with Gasteiger partial charge >= 0.3 is 5.97 Å². The number of carbonyl (C=O) groups is 1. The van der Waals surface area contributed by atoms with Crippen molar-refractivity contribution in [3.05, 3.63) is 0 Å². The number of carbonyl (C=O) groups excluding carboxylic acids is 1. The largest absolute Gasteiger partial charge is 0.466 e. The van der Waals surface area contributed by atoms with Gasteiger partial charge in [0.05, 0.1) is 25.2 Å². The van der Waals surface area contributed by atoms with E-state index in [4.69, 9.17) is 9.47 Å². The molecule has 0 amide bonds. The van der Waals surface area contributed by atoms with Gasteiger partial charge in [0.25, 0.3) is 0 Å². The molecule has 1 saturated heterocycles. The highest BCUT2D eigenvalue weighted by Gasteiger charge is 2.36. The first-order chi connectivity index (χ1) is 12.3. The predicted octanol–water partition coefficient (Wildman–Crippen LogP) is 4.25. The van der Waals surface area contributed by atoms with Gasteiger partial charge in [0.1, 0.15) is 0 Å². The van der Waals surface area contributed by atoms with Gasteiger partial charge in [-0.3, -0.25) is 4.79 Å². The van der Waals surface area contributed by atoms with Gasteiger partial charge < -0.3 is 9.47 Å². The van der Waals surface area contributed by atoms with Crippen molar-refractivity contribution in [3.63, 3.8) is 0 Å². The molecule has 0 bridgehead atoms. The van der Waals surface area contributed by atoms with Crippen molar-refractivity contribution in [3.8, 4) is 35.5 Å². The van der Waals surface area contributed by atoms with E-state index in [1.165, 1.54) is 19.3 Å². The van der Waals surface area contributed by atoms with Crippen LogP contribution >= 0.6 is 0 Å². The molecule has 1 fully saturated rings. The Balaban J connectivity index is 1.98. The van der Waals surface area contributed by atoms with Crippen LogP contribution in [0.2, 0.25) is 0 Å². The molecule has 3 heteroatoms. The summed E-state index contributed by atoms with van der Waals surface area (Å²) in [6, 6.07) is 0. The first kappa shape index (κ1) is 21.2. The van der Waals surface area contributed by atoms with Crippen molar-refractivity contribution in [2.75, 3.05) is 6.61 Å². The van der Waals surface area contributed by atoms with E-state index in [0.29, 0.717) is 25.9 Å². The summed E-state index contributed by atoms with van der Waals surface area (Å²) in [5.74, 6) is 18.5. The van der Waals surface area contributed by atoms with Gasteiger partial charge in [-0.2, -0.15) is 0 Å². The van der Waals surface area contributed by atoms with Crippen molar-refractivity contribution in [1.82, 2.24) is 0 Å². The van der Waals surface area contributed by atoms with Crippen LogP contribution in [0.25, 0.3) is 0 Å². The first-order valence-electron chi connectivity index (χ1n) is 9.46. The maximum absolute atomic E-state index is 11.1. The number of epoxide rings is 1. The third kappa shape index (κ3) is 12.2. The molecule has 1 aliphatic rings. The molecule has 0 N–H and O–H groups in total. The quantitative estimate of drug-likeness (QED) is 0.272. The molecule has 0 radical (unpaired) electrons. The molecule has 0 aromatic heterocycles. The van der Waals surface area contributed by atoms with E-state index in [9.17, 15) is 4.79 Å². The molecule has 2 atom stereocenters. The number of unbranched alkanes of at least 4 members (excludes halogenated alkanes) is 4. The molecule has 1 aliphatic heterocycles. The average Bonchev–Trinajstić information content (AvgIpc) is 3.35. The second-order valence-corrected chi connectivity index (χ2v) is 5.97. The fraction of sp³-hybridized carbons (Fsp3) is 0.682. The Morgan fingerprint density at radius 1 is 0.880 bits per heavy atom. The van der Waals surface area contributed by atoms with Crippen LogP contribution in [0.15, 0.2) is 0 Å². The lowest BCUT2D eigenvalue weighted by Gasteiger charge is -1.98.